The fourth-order valence-electron chi connectivity index (χ4n) is 0.882. The van der Waals surface area contributed by atoms with Crippen molar-refractivity contribution in [3.63, 3.8) is 0 Å². The average molecular weight is 151 g/mol. The van der Waals surface area contributed by atoms with Crippen LogP contribution in [0.2, 0.25) is 0 Å². The fourth-order valence-corrected chi connectivity index (χ4v) is 0.882. The molecule has 1 aromatic rings. The molecule has 1 aromatic heterocycles. The van der Waals surface area contributed by atoms with E-state index in [1.807, 2.05) is 20.0 Å². The SMILES string of the molecule is Cc1noc(C)c1CNC#N. The van der Waals surface area contributed by atoms with Gasteiger partial charge < -0.3 is 9.84 Å². The van der Waals surface area contributed by atoms with E-state index in [1.54, 1.807) is 0 Å². The molecule has 11 heavy (non-hydrogen) atoms. The van der Waals surface area contributed by atoms with Crippen molar-refractivity contribution in [2.75, 3.05) is 0 Å². The van der Waals surface area contributed by atoms with Crippen LogP contribution in [0.3, 0.4) is 0 Å². The summed E-state index contributed by atoms with van der Waals surface area (Å²) in [5.41, 5.74) is 1.80. The number of hydrogen-bond acceptors (Lipinski definition) is 4. The Morgan fingerprint density at radius 2 is 2.36 bits per heavy atom. The van der Waals surface area contributed by atoms with Gasteiger partial charge in [0.1, 0.15) is 5.76 Å². The molecule has 0 fully saturated rings. The van der Waals surface area contributed by atoms with Crippen LogP contribution in [0.15, 0.2) is 4.52 Å². The van der Waals surface area contributed by atoms with Gasteiger partial charge in [0.2, 0.25) is 0 Å². The standard InChI is InChI=1S/C7H9N3O/c1-5-7(3-9-4-8)6(2)11-10-5/h9H,3H2,1-2H3. The number of nitrogens with one attached hydrogen (secondary N) is 1. The smallest absolute Gasteiger partial charge is 0.176 e. The first-order chi connectivity index (χ1) is 5.25. The molecule has 0 aromatic carbocycles. The Bertz CT molecular complexity index is 265. The molecule has 1 N–H and O–H groups in total. The van der Waals surface area contributed by atoms with Crippen LogP contribution in [0, 0.1) is 25.3 Å². The van der Waals surface area contributed by atoms with Gasteiger partial charge in [-0.05, 0) is 13.8 Å². The summed E-state index contributed by atoms with van der Waals surface area (Å²) >= 11 is 0. The zero-order valence-corrected chi connectivity index (χ0v) is 6.51. The minimum absolute atomic E-state index is 0.498. The van der Waals surface area contributed by atoms with Gasteiger partial charge in [-0.25, -0.2) is 0 Å². The predicted octanol–water partition coefficient (Wildman–Crippen LogP) is 0.862. The maximum atomic E-state index is 8.23. The first kappa shape index (κ1) is 7.61. The monoisotopic (exact) mass is 151 g/mol. The number of aryl methyl sites for hydroxylation is 2. The van der Waals surface area contributed by atoms with E-state index in [0.717, 1.165) is 17.0 Å². The Labute approximate surface area is 64.8 Å². The average Bonchev–Trinajstić information content (AvgIpc) is 2.29. The minimum atomic E-state index is 0.498. The Hall–Kier alpha value is -1.50. The maximum absolute atomic E-state index is 8.23. The van der Waals surface area contributed by atoms with Crippen molar-refractivity contribution in [1.29, 1.82) is 5.26 Å². The Morgan fingerprint density at radius 3 is 2.82 bits per heavy atom. The number of hydrogen-bond donors (Lipinski definition) is 1. The quantitative estimate of drug-likeness (QED) is 0.503. The highest BCUT2D eigenvalue weighted by Crippen LogP contribution is 2.10. The van der Waals surface area contributed by atoms with Gasteiger partial charge in [-0.1, -0.05) is 5.16 Å². The molecule has 0 bridgehead atoms. The van der Waals surface area contributed by atoms with Crippen LogP contribution in [-0.2, 0) is 6.54 Å². The molecule has 0 unspecified atom stereocenters. The Morgan fingerprint density at radius 1 is 1.64 bits per heavy atom. The highest BCUT2D eigenvalue weighted by Gasteiger charge is 2.06. The molecule has 0 saturated carbocycles. The molecular weight excluding hydrogens is 142 g/mol. The lowest BCUT2D eigenvalue weighted by Gasteiger charge is -1.94. The summed E-state index contributed by atoms with van der Waals surface area (Å²) in [6, 6.07) is 0. The van der Waals surface area contributed by atoms with Gasteiger partial charge in [0, 0.05) is 5.56 Å². The van der Waals surface area contributed by atoms with E-state index >= 15 is 0 Å². The topological polar surface area (TPSA) is 61.9 Å². The number of nitrogens with zero attached hydrogens (tertiary/aromatic N) is 2. The minimum Gasteiger partial charge on any atom is -0.361 e. The molecule has 1 rings (SSSR count). The summed E-state index contributed by atoms with van der Waals surface area (Å²) < 4.78 is 4.89. The van der Waals surface area contributed by atoms with Crippen LogP contribution in [-0.4, -0.2) is 5.16 Å². The summed E-state index contributed by atoms with van der Waals surface area (Å²) in [6.45, 7) is 4.18. The predicted molar refractivity (Wildman–Crippen MR) is 38.4 cm³/mol. The molecule has 0 aliphatic rings. The third-order valence-electron chi connectivity index (χ3n) is 1.53. The summed E-state index contributed by atoms with van der Waals surface area (Å²) in [4.78, 5) is 0. The molecule has 0 saturated heterocycles. The van der Waals surface area contributed by atoms with Crippen LogP contribution in [0.25, 0.3) is 0 Å². The van der Waals surface area contributed by atoms with Crippen LogP contribution < -0.4 is 5.32 Å². The second-order valence-corrected chi connectivity index (χ2v) is 2.27. The molecule has 0 atom stereocenters. The highest BCUT2D eigenvalue weighted by molar-refractivity contribution is 5.20. The van der Waals surface area contributed by atoms with E-state index in [-0.39, 0.29) is 0 Å². The lowest BCUT2D eigenvalue weighted by molar-refractivity contribution is 0.392. The normalized spacial score (nSPS) is 9.18. The molecular formula is C7H9N3O. The molecule has 58 valence electrons. The van der Waals surface area contributed by atoms with Gasteiger partial charge >= 0.3 is 0 Å². The molecule has 1 heterocycles. The summed E-state index contributed by atoms with van der Waals surface area (Å²) in [5, 5.41) is 14.5. The van der Waals surface area contributed by atoms with Crippen LogP contribution in [0.1, 0.15) is 17.0 Å². The molecule has 0 radical (unpaired) electrons. The van der Waals surface area contributed by atoms with Crippen molar-refractivity contribution in [2.24, 2.45) is 0 Å². The maximum Gasteiger partial charge on any atom is 0.176 e. The Balaban J connectivity index is 2.77. The Kier molecular flexibility index (Phi) is 2.12. The summed E-state index contributed by atoms with van der Waals surface area (Å²) in [7, 11) is 0. The molecule has 4 heteroatoms. The molecule has 0 amide bonds. The third kappa shape index (κ3) is 1.49. The van der Waals surface area contributed by atoms with Gasteiger partial charge in [-0.2, -0.15) is 5.26 Å². The highest BCUT2D eigenvalue weighted by atomic mass is 16.5. The second kappa shape index (κ2) is 3.06. The molecule has 0 aliphatic carbocycles. The summed E-state index contributed by atoms with van der Waals surface area (Å²) in [6.07, 6.45) is 1.84. The lowest BCUT2D eigenvalue weighted by atomic mass is 10.2. The van der Waals surface area contributed by atoms with Gasteiger partial charge in [0.25, 0.3) is 0 Å². The van der Waals surface area contributed by atoms with Gasteiger partial charge in [-0.3, -0.25) is 0 Å². The van der Waals surface area contributed by atoms with E-state index in [0.29, 0.717) is 6.54 Å². The number of aromatic nitrogens is 1. The van der Waals surface area contributed by atoms with Crippen molar-refractivity contribution in [3.8, 4) is 6.19 Å². The zero-order chi connectivity index (χ0) is 8.27. The molecule has 0 spiro atoms. The van der Waals surface area contributed by atoms with E-state index < -0.39 is 0 Å². The van der Waals surface area contributed by atoms with Crippen molar-refractivity contribution >= 4 is 0 Å². The zero-order valence-electron chi connectivity index (χ0n) is 6.51. The van der Waals surface area contributed by atoms with Crippen molar-refractivity contribution in [3.05, 3.63) is 17.0 Å². The summed E-state index contributed by atoms with van der Waals surface area (Å²) in [5.74, 6) is 0.769. The first-order valence-electron chi connectivity index (χ1n) is 3.29. The van der Waals surface area contributed by atoms with E-state index in [9.17, 15) is 0 Å². The third-order valence-corrected chi connectivity index (χ3v) is 1.53. The van der Waals surface area contributed by atoms with Crippen LogP contribution in [0.4, 0.5) is 0 Å². The van der Waals surface area contributed by atoms with Gasteiger partial charge in [0.05, 0.1) is 12.2 Å². The van der Waals surface area contributed by atoms with Crippen molar-refractivity contribution < 1.29 is 4.52 Å². The number of rotatable bonds is 2. The van der Waals surface area contributed by atoms with Gasteiger partial charge in [-0.15, -0.1) is 0 Å². The van der Waals surface area contributed by atoms with Crippen molar-refractivity contribution in [2.45, 2.75) is 20.4 Å². The first-order valence-corrected chi connectivity index (χ1v) is 3.29. The molecule has 4 nitrogen and oxygen atoms in total. The largest absolute Gasteiger partial charge is 0.361 e. The number of nitriles is 1. The van der Waals surface area contributed by atoms with Crippen LogP contribution >= 0.6 is 0 Å². The van der Waals surface area contributed by atoms with Crippen LogP contribution in [0.5, 0.6) is 0 Å². The second-order valence-electron chi connectivity index (χ2n) is 2.27. The lowest BCUT2D eigenvalue weighted by Crippen LogP contribution is -2.05. The van der Waals surface area contributed by atoms with E-state index in [4.69, 9.17) is 9.78 Å². The fraction of sp³-hybridized carbons (Fsp3) is 0.429. The van der Waals surface area contributed by atoms with Gasteiger partial charge in [0.15, 0.2) is 6.19 Å². The van der Waals surface area contributed by atoms with Crippen molar-refractivity contribution in [1.82, 2.24) is 10.5 Å². The molecule has 0 aliphatic heterocycles. The van der Waals surface area contributed by atoms with E-state index in [2.05, 4.69) is 10.5 Å². The van der Waals surface area contributed by atoms with E-state index in [1.165, 1.54) is 0 Å².